The molecule has 0 saturated carbocycles. The second kappa shape index (κ2) is 6.23. The number of methoxy groups -OCH3 is 1. The van der Waals surface area contributed by atoms with Crippen molar-refractivity contribution in [2.45, 2.75) is 12.8 Å². The van der Waals surface area contributed by atoms with Gasteiger partial charge in [-0.25, -0.2) is 0 Å². The van der Waals surface area contributed by atoms with Gasteiger partial charge in [0.25, 0.3) is 0 Å². The fourth-order valence-electron chi connectivity index (χ4n) is 1.36. The Hall–Kier alpha value is -1.42. The first-order chi connectivity index (χ1) is 7.63. The molecule has 0 heterocycles. The number of hydrogen-bond acceptors (Lipinski definition) is 2. The number of ether oxygens (including phenoxy) is 1. The van der Waals surface area contributed by atoms with E-state index in [0.29, 0.717) is 17.3 Å². The van der Waals surface area contributed by atoms with Crippen molar-refractivity contribution in [2.75, 3.05) is 13.7 Å². The van der Waals surface area contributed by atoms with Crippen molar-refractivity contribution in [3.05, 3.63) is 28.8 Å². The number of halogens is 1. The average molecular weight is 242 g/mol. The van der Waals surface area contributed by atoms with Crippen LogP contribution in [0.5, 0.6) is 5.75 Å². The van der Waals surface area contributed by atoms with E-state index >= 15 is 0 Å². The summed E-state index contributed by atoms with van der Waals surface area (Å²) in [5.41, 5.74) is 11.6. The van der Waals surface area contributed by atoms with Crippen LogP contribution in [0.1, 0.15) is 12.0 Å². The van der Waals surface area contributed by atoms with Crippen LogP contribution in [0, 0.1) is 0 Å². The van der Waals surface area contributed by atoms with E-state index in [4.69, 9.17) is 27.8 Å². The molecule has 5 heteroatoms. The van der Waals surface area contributed by atoms with Gasteiger partial charge in [0.2, 0.25) is 0 Å². The van der Waals surface area contributed by atoms with Gasteiger partial charge in [0.15, 0.2) is 5.96 Å². The van der Waals surface area contributed by atoms with Crippen molar-refractivity contribution in [1.29, 1.82) is 0 Å². The van der Waals surface area contributed by atoms with Crippen molar-refractivity contribution in [2.24, 2.45) is 16.5 Å². The first-order valence-electron chi connectivity index (χ1n) is 5.01. The number of nitrogens with two attached hydrogens (primary N) is 2. The van der Waals surface area contributed by atoms with Crippen LogP contribution in [0.2, 0.25) is 5.02 Å². The molecule has 0 bridgehead atoms. The van der Waals surface area contributed by atoms with Crippen molar-refractivity contribution >= 4 is 17.6 Å². The Bertz CT molecular complexity index is 375. The van der Waals surface area contributed by atoms with E-state index in [1.54, 1.807) is 7.11 Å². The maximum atomic E-state index is 6.00. The molecule has 1 aromatic rings. The summed E-state index contributed by atoms with van der Waals surface area (Å²) in [6, 6.07) is 5.74. The minimum Gasteiger partial charge on any atom is -0.495 e. The predicted molar refractivity (Wildman–Crippen MR) is 67.0 cm³/mol. The van der Waals surface area contributed by atoms with Crippen LogP contribution in [0.3, 0.4) is 0 Å². The molecule has 0 radical (unpaired) electrons. The summed E-state index contributed by atoms with van der Waals surface area (Å²) in [7, 11) is 1.60. The summed E-state index contributed by atoms with van der Waals surface area (Å²) in [6.07, 6.45) is 1.78. The van der Waals surface area contributed by atoms with Gasteiger partial charge in [-0.3, -0.25) is 4.99 Å². The van der Waals surface area contributed by atoms with Gasteiger partial charge in [-0.15, -0.1) is 0 Å². The Kier molecular flexibility index (Phi) is 4.92. The Labute approximate surface area is 100 Å². The molecule has 4 N–H and O–H groups in total. The molecule has 0 saturated heterocycles. The predicted octanol–water partition coefficient (Wildman–Crippen LogP) is 1.55. The topological polar surface area (TPSA) is 73.6 Å². The molecule has 0 fully saturated rings. The van der Waals surface area contributed by atoms with E-state index in [2.05, 4.69) is 4.99 Å². The first kappa shape index (κ1) is 12.6. The summed E-state index contributed by atoms with van der Waals surface area (Å²) in [6.45, 7) is 0.631. The highest BCUT2D eigenvalue weighted by atomic mass is 35.5. The van der Waals surface area contributed by atoms with E-state index in [-0.39, 0.29) is 5.96 Å². The number of aryl methyl sites for hydroxylation is 1. The molecule has 0 aliphatic heterocycles. The molecular weight excluding hydrogens is 226 g/mol. The zero-order chi connectivity index (χ0) is 12.0. The smallest absolute Gasteiger partial charge is 0.185 e. The van der Waals surface area contributed by atoms with Crippen molar-refractivity contribution in [3.63, 3.8) is 0 Å². The average Bonchev–Trinajstić information content (AvgIpc) is 2.24. The largest absolute Gasteiger partial charge is 0.495 e. The molecule has 0 aliphatic rings. The Morgan fingerprint density at radius 1 is 1.44 bits per heavy atom. The lowest BCUT2D eigenvalue weighted by molar-refractivity contribution is 0.415. The van der Waals surface area contributed by atoms with Gasteiger partial charge in [-0.05, 0) is 30.5 Å². The molecule has 0 amide bonds. The fourth-order valence-corrected chi connectivity index (χ4v) is 1.64. The number of benzene rings is 1. The Morgan fingerprint density at radius 3 is 2.75 bits per heavy atom. The van der Waals surface area contributed by atoms with Gasteiger partial charge in [0.05, 0.1) is 12.1 Å². The maximum Gasteiger partial charge on any atom is 0.185 e. The molecule has 4 nitrogen and oxygen atoms in total. The number of nitrogens with zero attached hydrogens (tertiary/aromatic N) is 1. The zero-order valence-corrected chi connectivity index (χ0v) is 10.00. The van der Waals surface area contributed by atoms with Gasteiger partial charge < -0.3 is 16.2 Å². The highest BCUT2D eigenvalue weighted by molar-refractivity contribution is 6.32. The van der Waals surface area contributed by atoms with Gasteiger partial charge in [-0.2, -0.15) is 0 Å². The first-order valence-corrected chi connectivity index (χ1v) is 5.39. The third kappa shape index (κ3) is 3.98. The van der Waals surface area contributed by atoms with Crippen LogP contribution >= 0.6 is 11.6 Å². The number of rotatable bonds is 5. The maximum absolute atomic E-state index is 6.00. The van der Waals surface area contributed by atoms with E-state index in [9.17, 15) is 0 Å². The van der Waals surface area contributed by atoms with Crippen molar-refractivity contribution in [3.8, 4) is 5.75 Å². The number of aliphatic imine (C=N–C) groups is 1. The van der Waals surface area contributed by atoms with Gasteiger partial charge >= 0.3 is 0 Å². The molecule has 0 spiro atoms. The third-order valence-electron chi connectivity index (χ3n) is 2.13. The second-order valence-electron chi connectivity index (χ2n) is 3.38. The second-order valence-corrected chi connectivity index (χ2v) is 3.79. The fraction of sp³-hybridized carbons (Fsp3) is 0.364. The van der Waals surface area contributed by atoms with Crippen molar-refractivity contribution < 1.29 is 4.74 Å². The molecule has 0 aromatic heterocycles. The Balaban J connectivity index is 2.49. The molecule has 1 rings (SSSR count). The van der Waals surface area contributed by atoms with Gasteiger partial charge in [-0.1, -0.05) is 17.7 Å². The molecule has 0 unspecified atom stereocenters. The highest BCUT2D eigenvalue weighted by Crippen LogP contribution is 2.25. The standard InChI is InChI=1S/C11H16ClN3O/c1-16-10-5-4-8(7-9(10)12)3-2-6-15-11(13)14/h4-5,7H,2-3,6H2,1H3,(H4,13,14,15). The Morgan fingerprint density at radius 2 is 2.19 bits per heavy atom. The molecular formula is C11H16ClN3O. The van der Waals surface area contributed by atoms with E-state index in [1.807, 2.05) is 18.2 Å². The summed E-state index contributed by atoms with van der Waals surface area (Å²) in [4.78, 5) is 3.91. The summed E-state index contributed by atoms with van der Waals surface area (Å²) in [5, 5.41) is 0.627. The van der Waals surface area contributed by atoms with Crippen LogP contribution in [0.4, 0.5) is 0 Å². The van der Waals surface area contributed by atoms with Crippen LogP contribution in [0.25, 0.3) is 0 Å². The lowest BCUT2D eigenvalue weighted by Gasteiger charge is -2.05. The van der Waals surface area contributed by atoms with Crippen LogP contribution in [0.15, 0.2) is 23.2 Å². The summed E-state index contributed by atoms with van der Waals surface area (Å²) < 4.78 is 5.07. The summed E-state index contributed by atoms with van der Waals surface area (Å²) in [5.74, 6) is 0.822. The molecule has 16 heavy (non-hydrogen) atoms. The summed E-state index contributed by atoms with van der Waals surface area (Å²) >= 11 is 6.00. The normalized spacial score (nSPS) is 9.88. The zero-order valence-electron chi connectivity index (χ0n) is 9.24. The van der Waals surface area contributed by atoms with Crippen LogP contribution in [-0.4, -0.2) is 19.6 Å². The number of guanidine groups is 1. The lowest BCUT2D eigenvalue weighted by Crippen LogP contribution is -2.23. The monoisotopic (exact) mass is 241 g/mol. The van der Waals surface area contributed by atoms with Gasteiger partial charge in [0, 0.05) is 6.54 Å². The minimum absolute atomic E-state index is 0.132. The van der Waals surface area contributed by atoms with Crippen LogP contribution in [-0.2, 0) is 6.42 Å². The van der Waals surface area contributed by atoms with E-state index in [0.717, 1.165) is 18.4 Å². The number of hydrogen-bond donors (Lipinski definition) is 2. The third-order valence-corrected chi connectivity index (χ3v) is 2.43. The molecule has 1 aromatic carbocycles. The molecule has 0 atom stereocenters. The quantitative estimate of drug-likeness (QED) is 0.467. The molecule has 88 valence electrons. The molecule has 0 aliphatic carbocycles. The van der Waals surface area contributed by atoms with Crippen LogP contribution < -0.4 is 16.2 Å². The van der Waals surface area contributed by atoms with E-state index < -0.39 is 0 Å². The van der Waals surface area contributed by atoms with Gasteiger partial charge in [0.1, 0.15) is 5.75 Å². The minimum atomic E-state index is 0.132. The lowest BCUT2D eigenvalue weighted by atomic mass is 10.1. The van der Waals surface area contributed by atoms with Crippen molar-refractivity contribution in [1.82, 2.24) is 0 Å². The van der Waals surface area contributed by atoms with E-state index in [1.165, 1.54) is 0 Å². The SMILES string of the molecule is COc1ccc(CCCN=C(N)N)cc1Cl. The highest BCUT2D eigenvalue weighted by Gasteiger charge is 2.01.